The van der Waals surface area contributed by atoms with Crippen molar-refractivity contribution in [1.29, 1.82) is 0 Å². The summed E-state index contributed by atoms with van der Waals surface area (Å²) < 4.78 is 19.6. The first-order valence-corrected chi connectivity index (χ1v) is 9.47. The normalized spacial score (nSPS) is 14.5. The Bertz CT molecular complexity index is 887. The van der Waals surface area contributed by atoms with Crippen LogP contribution in [0.3, 0.4) is 0 Å². The highest BCUT2D eigenvalue weighted by Crippen LogP contribution is 2.24. The first-order chi connectivity index (χ1) is 13.5. The average Bonchev–Trinajstić information content (AvgIpc) is 2.99. The van der Waals surface area contributed by atoms with Crippen molar-refractivity contribution >= 4 is 29.6 Å². The molecule has 6 nitrogen and oxygen atoms in total. The van der Waals surface area contributed by atoms with E-state index in [0.29, 0.717) is 30.0 Å². The molecule has 8 heteroatoms. The lowest BCUT2D eigenvalue weighted by Gasteiger charge is -2.26. The minimum absolute atomic E-state index is 0.181. The van der Waals surface area contributed by atoms with Crippen LogP contribution in [0.15, 0.2) is 30.3 Å². The summed E-state index contributed by atoms with van der Waals surface area (Å²) in [5.41, 5.74) is 1.75. The van der Waals surface area contributed by atoms with Crippen LogP contribution in [0.5, 0.6) is 0 Å². The third kappa shape index (κ3) is 4.78. The zero-order valence-electron chi connectivity index (χ0n) is 15.5. The van der Waals surface area contributed by atoms with E-state index >= 15 is 0 Å². The van der Waals surface area contributed by atoms with Gasteiger partial charge in [0.05, 0.1) is 11.4 Å². The molecule has 0 unspecified atom stereocenters. The predicted molar refractivity (Wildman–Crippen MR) is 104 cm³/mol. The summed E-state index contributed by atoms with van der Waals surface area (Å²) in [6.45, 7) is 2.90. The van der Waals surface area contributed by atoms with E-state index in [4.69, 9.17) is 16.3 Å². The van der Waals surface area contributed by atoms with Crippen molar-refractivity contribution in [3.8, 4) is 5.69 Å². The number of halogens is 2. The van der Waals surface area contributed by atoms with Gasteiger partial charge in [0, 0.05) is 24.7 Å². The van der Waals surface area contributed by atoms with Gasteiger partial charge in [0.15, 0.2) is 6.61 Å². The molecule has 0 saturated carbocycles. The summed E-state index contributed by atoms with van der Waals surface area (Å²) in [4.78, 5) is 25.7. The number of carbonyl (C=O) groups excluding carboxylic acids is 2. The van der Waals surface area contributed by atoms with E-state index in [0.717, 1.165) is 19.3 Å². The molecule has 148 valence electrons. The van der Waals surface area contributed by atoms with Gasteiger partial charge in [-0.1, -0.05) is 11.6 Å². The van der Waals surface area contributed by atoms with Crippen molar-refractivity contribution < 1.29 is 18.7 Å². The molecule has 3 rings (SSSR count). The lowest BCUT2D eigenvalue weighted by atomic mass is 10.1. The Balaban J connectivity index is 1.62. The molecule has 2 aromatic rings. The zero-order valence-corrected chi connectivity index (χ0v) is 16.3. The number of rotatable bonds is 5. The Kier molecular flexibility index (Phi) is 6.46. The van der Waals surface area contributed by atoms with E-state index in [-0.39, 0.29) is 23.5 Å². The average molecular weight is 406 g/mol. The van der Waals surface area contributed by atoms with Gasteiger partial charge in [-0.2, -0.15) is 5.10 Å². The smallest absolute Gasteiger partial charge is 0.331 e. The fraction of sp³-hybridized carbons (Fsp3) is 0.350. The highest BCUT2D eigenvalue weighted by Gasteiger charge is 2.18. The number of hydrogen-bond donors (Lipinski definition) is 0. The third-order valence-corrected chi connectivity index (χ3v) is 4.92. The van der Waals surface area contributed by atoms with Crippen LogP contribution in [0.2, 0.25) is 5.15 Å². The summed E-state index contributed by atoms with van der Waals surface area (Å²) in [6.07, 6.45) is 5.80. The maximum Gasteiger partial charge on any atom is 0.331 e. The lowest BCUT2D eigenvalue weighted by molar-refractivity contribution is -0.148. The Hall–Kier alpha value is -2.67. The number of aromatic nitrogens is 2. The minimum atomic E-state index is -0.629. The first kappa shape index (κ1) is 20.1. The second-order valence-corrected chi connectivity index (χ2v) is 6.92. The van der Waals surface area contributed by atoms with E-state index in [2.05, 4.69) is 5.10 Å². The molecule has 0 aliphatic carbocycles. The summed E-state index contributed by atoms with van der Waals surface area (Å²) in [5.74, 6) is -1.17. The molecule has 1 aliphatic rings. The van der Waals surface area contributed by atoms with Gasteiger partial charge < -0.3 is 9.64 Å². The molecule has 2 heterocycles. The molecule has 0 atom stereocenters. The quantitative estimate of drug-likeness (QED) is 0.563. The van der Waals surface area contributed by atoms with Crippen LogP contribution in [0.4, 0.5) is 4.39 Å². The Morgan fingerprint density at radius 2 is 1.89 bits per heavy atom. The van der Waals surface area contributed by atoms with Crippen LogP contribution < -0.4 is 0 Å². The molecule has 1 aromatic carbocycles. The van der Waals surface area contributed by atoms with Gasteiger partial charge in [0.2, 0.25) is 0 Å². The number of carbonyl (C=O) groups is 2. The van der Waals surface area contributed by atoms with Crippen molar-refractivity contribution in [1.82, 2.24) is 14.7 Å². The standard InChI is InChI=1S/C20H21ClFN3O3/c1-14-17(20(21)25(23-14)16-7-5-15(22)6-8-16)9-10-19(27)28-13-18(26)24-11-3-2-4-12-24/h5-10H,2-4,11-13H2,1H3. The number of hydrogen-bond acceptors (Lipinski definition) is 4. The van der Waals surface area contributed by atoms with Crippen LogP contribution >= 0.6 is 11.6 Å². The number of esters is 1. The van der Waals surface area contributed by atoms with Crippen molar-refractivity contribution in [3.63, 3.8) is 0 Å². The number of amides is 1. The SMILES string of the molecule is Cc1nn(-c2ccc(F)cc2)c(Cl)c1C=CC(=O)OCC(=O)N1CCCCC1. The topological polar surface area (TPSA) is 64.4 Å². The summed E-state index contributed by atoms with van der Waals surface area (Å²) in [6, 6.07) is 5.74. The number of likely N-dealkylation sites (tertiary alicyclic amines) is 1. The van der Waals surface area contributed by atoms with Gasteiger partial charge in [0.25, 0.3) is 5.91 Å². The molecular weight excluding hydrogens is 385 g/mol. The van der Waals surface area contributed by atoms with Gasteiger partial charge in [-0.15, -0.1) is 0 Å². The van der Waals surface area contributed by atoms with E-state index in [9.17, 15) is 14.0 Å². The van der Waals surface area contributed by atoms with Gasteiger partial charge in [-0.25, -0.2) is 13.9 Å². The fourth-order valence-electron chi connectivity index (χ4n) is 3.02. The fourth-order valence-corrected chi connectivity index (χ4v) is 3.36. The van der Waals surface area contributed by atoms with Crippen LogP contribution in [0, 0.1) is 12.7 Å². The first-order valence-electron chi connectivity index (χ1n) is 9.09. The molecule has 0 spiro atoms. The van der Waals surface area contributed by atoms with Gasteiger partial charge >= 0.3 is 5.97 Å². The van der Waals surface area contributed by atoms with Crippen LogP contribution in [0.25, 0.3) is 11.8 Å². The van der Waals surface area contributed by atoms with Gasteiger partial charge in [0.1, 0.15) is 11.0 Å². The maximum atomic E-state index is 13.1. The highest BCUT2D eigenvalue weighted by atomic mass is 35.5. The lowest BCUT2D eigenvalue weighted by Crippen LogP contribution is -2.38. The van der Waals surface area contributed by atoms with Crippen molar-refractivity contribution in [3.05, 3.63) is 52.6 Å². The van der Waals surface area contributed by atoms with E-state index < -0.39 is 5.97 Å². The molecule has 1 amide bonds. The van der Waals surface area contributed by atoms with Crippen molar-refractivity contribution in [2.24, 2.45) is 0 Å². The summed E-state index contributed by atoms with van der Waals surface area (Å²) in [7, 11) is 0. The second kappa shape index (κ2) is 9.01. The highest BCUT2D eigenvalue weighted by molar-refractivity contribution is 6.31. The van der Waals surface area contributed by atoms with Gasteiger partial charge in [-0.3, -0.25) is 4.79 Å². The number of aryl methyl sites for hydroxylation is 1. The van der Waals surface area contributed by atoms with E-state index in [1.54, 1.807) is 24.0 Å². The number of benzene rings is 1. The van der Waals surface area contributed by atoms with Crippen molar-refractivity contribution in [2.75, 3.05) is 19.7 Å². The molecular formula is C20H21ClFN3O3. The van der Waals surface area contributed by atoms with Crippen LogP contribution in [-0.2, 0) is 14.3 Å². The molecule has 1 saturated heterocycles. The van der Waals surface area contributed by atoms with Crippen LogP contribution in [0.1, 0.15) is 30.5 Å². The zero-order chi connectivity index (χ0) is 20.1. The third-order valence-electron chi connectivity index (χ3n) is 4.55. The minimum Gasteiger partial charge on any atom is -0.452 e. The Labute approximate surface area is 167 Å². The molecule has 0 bridgehead atoms. The largest absolute Gasteiger partial charge is 0.452 e. The Morgan fingerprint density at radius 3 is 2.57 bits per heavy atom. The van der Waals surface area contributed by atoms with Crippen LogP contribution in [-0.4, -0.2) is 46.3 Å². The number of nitrogens with zero attached hydrogens (tertiary/aromatic N) is 3. The summed E-state index contributed by atoms with van der Waals surface area (Å²) in [5, 5.41) is 4.61. The molecule has 1 aliphatic heterocycles. The number of ether oxygens (including phenoxy) is 1. The van der Waals surface area contributed by atoms with Gasteiger partial charge in [-0.05, 0) is 56.5 Å². The monoisotopic (exact) mass is 405 g/mol. The molecule has 0 radical (unpaired) electrons. The van der Waals surface area contributed by atoms with E-state index in [1.165, 1.54) is 29.0 Å². The van der Waals surface area contributed by atoms with Crippen molar-refractivity contribution in [2.45, 2.75) is 26.2 Å². The molecule has 1 aromatic heterocycles. The molecule has 0 N–H and O–H groups in total. The predicted octanol–water partition coefficient (Wildman–Crippen LogP) is 3.54. The molecule has 1 fully saturated rings. The summed E-state index contributed by atoms with van der Waals surface area (Å²) >= 11 is 6.36. The van der Waals surface area contributed by atoms with E-state index in [1.807, 2.05) is 0 Å². The second-order valence-electron chi connectivity index (χ2n) is 6.56. The Morgan fingerprint density at radius 1 is 1.21 bits per heavy atom. The molecule has 28 heavy (non-hydrogen) atoms. The number of piperidine rings is 1. The maximum absolute atomic E-state index is 13.1.